The number of carbonyl (C=O) groups excluding carboxylic acids is 1. The number of ether oxygens (including phenoxy) is 1. The van der Waals surface area contributed by atoms with Gasteiger partial charge in [-0.25, -0.2) is 8.42 Å². The molecule has 0 spiro atoms. The molecule has 0 aliphatic carbocycles. The van der Waals surface area contributed by atoms with E-state index in [4.69, 9.17) is 9.15 Å². The first-order valence-electron chi connectivity index (χ1n) is 7.06. The van der Waals surface area contributed by atoms with Crippen LogP contribution in [0.15, 0.2) is 52.2 Å². The predicted octanol–water partition coefficient (Wildman–Crippen LogP) is 2.32. The highest BCUT2D eigenvalue weighted by atomic mass is 32.2. The summed E-state index contributed by atoms with van der Waals surface area (Å²) in [7, 11) is -2.23. The quantitative estimate of drug-likeness (QED) is 0.691. The molecule has 0 radical (unpaired) electrons. The lowest BCUT2D eigenvalue weighted by atomic mass is 10.2. The molecular weight excluding hydrogens is 318 g/mol. The lowest BCUT2D eigenvalue weighted by Crippen LogP contribution is -2.33. The van der Waals surface area contributed by atoms with E-state index in [0.717, 1.165) is 5.56 Å². The van der Waals surface area contributed by atoms with E-state index < -0.39 is 10.0 Å². The van der Waals surface area contributed by atoms with Crippen LogP contribution in [0, 0.1) is 0 Å². The minimum absolute atomic E-state index is 0.0878. The van der Waals surface area contributed by atoms with Crippen molar-refractivity contribution in [2.75, 3.05) is 20.3 Å². The van der Waals surface area contributed by atoms with Crippen LogP contribution in [0.2, 0.25) is 0 Å². The number of sulfonamides is 1. The smallest absolute Gasteiger partial charge is 0.243 e. The monoisotopic (exact) mass is 337 g/mol. The Hall–Kier alpha value is -1.96. The molecule has 0 bridgehead atoms. The van der Waals surface area contributed by atoms with Crippen molar-refractivity contribution < 1.29 is 22.4 Å². The van der Waals surface area contributed by atoms with Gasteiger partial charge in [0.1, 0.15) is 0 Å². The van der Waals surface area contributed by atoms with E-state index in [9.17, 15) is 13.2 Å². The fourth-order valence-corrected chi connectivity index (χ4v) is 3.55. The molecule has 0 aliphatic heterocycles. The highest BCUT2D eigenvalue weighted by molar-refractivity contribution is 7.89. The van der Waals surface area contributed by atoms with Crippen molar-refractivity contribution in [1.29, 1.82) is 0 Å². The number of hydrogen-bond donors (Lipinski definition) is 0. The van der Waals surface area contributed by atoms with Gasteiger partial charge in [-0.1, -0.05) is 12.1 Å². The molecule has 6 nitrogen and oxygen atoms in total. The summed E-state index contributed by atoms with van der Waals surface area (Å²) in [6, 6.07) is 7.75. The van der Waals surface area contributed by atoms with Crippen LogP contribution in [0.4, 0.5) is 0 Å². The lowest BCUT2D eigenvalue weighted by Gasteiger charge is -2.21. The van der Waals surface area contributed by atoms with Gasteiger partial charge >= 0.3 is 0 Å². The molecule has 0 atom stereocenters. The number of methoxy groups -OCH3 is 1. The van der Waals surface area contributed by atoms with Crippen molar-refractivity contribution in [3.05, 3.63) is 54.0 Å². The van der Waals surface area contributed by atoms with Crippen LogP contribution in [-0.4, -0.2) is 38.8 Å². The second-order valence-electron chi connectivity index (χ2n) is 5.05. The van der Waals surface area contributed by atoms with Gasteiger partial charge < -0.3 is 9.15 Å². The van der Waals surface area contributed by atoms with E-state index in [1.54, 1.807) is 18.2 Å². The standard InChI is InChI=1S/C16H19NO5S/c1-13(18)15-4-3-5-16(10-15)23(19,20)17(7-9-21-2)11-14-6-8-22-12-14/h3-6,8,10,12H,7,9,11H2,1-2H3. The summed E-state index contributed by atoms with van der Waals surface area (Å²) in [6.07, 6.45) is 2.99. The van der Waals surface area contributed by atoms with Crippen LogP contribution in [0.5, 0.6) is 0 Å². The van der Waals surface area contributed by atoms with E-state index in [1.165, 1.54) is 43.0 Å². The summed E-state index contributed by atoms with van der Waals surface area (Å²) in [5, 5.41) is 0. The fourth-order valence-electron chi connectivity index (χ4n) is 2.09. The van der Waals surface area contributed by atoms with Crippen LogP contribution in [0.1, 0.15) is 22.8 Å². The molecule has 1 aromatic carbocycles. The second-order valence-corrected chi connectivity index (χ2v) is 6.98. The molecule has 1 aromatic heterocycles. The number of rotatable bonds is 8. The molecule has 0 saturated heterocycles. The molecule has 0 aliphatic rings. The molecule has 2 aromatic rings. The highest BCUT2D eigenvalue weighted by Gasteiger charge is 2.25. The number of furan rings is 1. The topological polar surface area (TPSA) is 76.8 Å². The maximum absolute atomic E-state index is 12.9. The van der Waals surface area contributed by atoms with Crippen LogP contribution >= 0.6 is 0 Å². The molecule has 2 rings (SSSR count). The van der Waals surface area contributed by atoms with Crippen LogP contribution in [-0.2, 0) is 21.3 Å². The zero-order valence-electron chi connectivity index (χ0n) is 13.1. The number of nitrogens with zero attached hydrogens (tertiary/aromatic N) is 1. The van der Waals surface area contributed by atoms with Gasteiger partial charge in [0.05, 0.1) is 24.0 Å². The number of ketones is 1. The average molecular weight is 337 g/mol. The molecular formula is C16H19NO5S. The molecule has 1 heterocycles. The minimum Gasteiger partial charge on any atom is -0.472 e. The summed E-state index contributed by atoms with van der Waals surface area (Å²) in [5.74, 6) is -0.180. The summed E-state index contributed by atoms with van der Waals surface area (Å²) in [6.45, 7) is 2.05. The Morgan fingerprint density at radius 3 is 2.70 bits per heavy atom. The summed E-state index contributed by atoms with van der Waals surface area (Å²) < 4.78 is 37.0. The van der Waals surface area contributed by atoms with E-state index >= 15 is 0 Å². The van der Waals surface area contributed by atoms with E-state index in [-0.39, 0.29) is 30.4 Å². The second kappa shape index (κ2) is 7.54. The van der Waals surface area contributed by atoms with Gasteiger partial charge in [0.15, 0.2) is 5.78 Å². The highest BCUT2D eigenvalue weighted by Crippen LogP contribution is 2.20. The zero-order valence-corrected chi connectivity index (χ0v) is 13.9. The first-order valence-corrected chi connectivity index (χ1v) is 8.50. The average Bonchev–Trinajstić information content (AvgIpc) is 3.04. The van der Waals surface area contributed by atoms with Gasteiger partial charge in [0.25, 0.3) is 0 Å². The summed E-state index contributed by atoms with van der Waals surface area (Å²) >= 11 is 0. The SMILES string of the molecule is COCCN(Cc1ccoc1)S(=O)(=O)c1cccc(C(C)=O)c1. The maximum Gasteiger partial charge on any atom is 0.243 e. The third-order valence-electron chi connectivity index (χ3n) is 3.36. The third kappa shape index (κ3) is 4.28. The van der Waals surface area contributed by atoms with Crippen molar-refractivity contribution in [3.63, 3.8) is 0 Å². The molecule has 124 valence electrons. The van der Waals surface area contributed by atoms with E-state index in [2.05, 4.69) is 0 Å². The Bertz CT molecular complexity index is 753. The Balaban J connectivity index is 2.34. The third-order valence-corrected chi connectivity index (χ3v) is 5.20. The molecule has 0 N–H and O–H groups in total. The first kappa shape index (κ1) is 17.4. The van der Waals surface area contributed by atoms with Crippen LogP contribution in [0.3, 0.4) is 0 Å². The molecule has 0 fully saturated rings. The van der Waals surface area contributed by atoms with Crippen molar-refractivity contribution >= 4 is 15.8 Å². The van der Waals surface area contributed by atoms with E-state index in [0.29, 0.717) is 5.56 Å². The summed E-state index contributed by atoms with van der Waals surface area (Å²) in [4.78, 5) is 11.6. The molecule has 23 heavy (non-hydrogen) atoms. The van der Waals surface area contributed by atoms with Gasteiger partial charge in [-0.05, 0) is 25.1 Å². The molecule has 0 unspecified atom stereocenters. The minimum atomic E-state index is -3.75. The summed E-state index contributed by atoms with van der Waals surface area (Å²) in [5.41, 5.74) is 1.11. The Morgan fingerprint density at radius 1 is 1.30 bits per heavy atom. The zero-order chi connectivity index (χ0) is 16.9. The van der Waals surface area contributed by atoms with E-state index in [1.807, 2.05) is 0 Å². The molecule has 0 saturated carbocycles. The Morgan fingerprint density at radius 2 is 2.09 bits per heavy atom. The van der Waals surface area contributed by atoms with Crippen LogP contribution in [0.25, 0.3) is 0 Å². The fraction of sp³-hybridized carbons (Fsp3) is 0.312. The number of Topliss-reactive ketones (excluding diaryl/α,β-unsaturated/α-hetero) is 1. The predicted molar refractivity (Wildman–Crippen MR) is 84.6 cm³/mol. The number of hydrogen-bond acceptors (Lipinski definition) is 5. The number of carbonyl (C=O) groups is 1. The van der Waals surface area contributed by atoms with Crippen molar-refractivity contribution in [2.24, 2.45) is 0 Å². The largest absolute Gasteiger partial charge is 0.472 e. The first-order chi connectivity index (χ1) is 10.9. The van der Waals surface area contributed by atoms with Gasteiger partial charge in [0, 0.05) is 31.3 Å². The van der Waals surface area contributed by atoms with Gasteiger partial charge in [-0.15, -0.1) is 0 Å². The Labute approximate surface area is 135 Å². The molecule has 7 heteroatoms. The lowest BCUT2D eigenvalue weighted by molar-refractivity contribution is 0.101. The number of benzene rings is 1. The van der Waals surface area contributed by atoms with Gasteiger partial charge in [-0.3, -0.25) is 4.79 Å². The van der Waals surface area contributed by atoms with Crippen molar-refractivity contribution in [1.82, 2.24) is 4.31 Å². The van der Waals surface area contributed by atoms with Gasteiger partial charge in [-0.2, -0.15) is 4.31 Å². The van der Waals surface area contributed by atoms with Crippen molar-refractivity contribution in [2.45, 2.75) is 18.4 Å². The maximum atomic E-state index is 12.9. The normalized spacial score (nSPS) is 11.8. The molecule has 0 amide bonds. The van der Waals surface area contributed by atoms with Crippen LogP contribution < -0.4 is 0 Å². The van der Waals surface area contributed by atoms with Gasteiger partial charge in [0.2, 0.25) is 10.0 Å². The Kier molecular flexibility index (Phi) is 5.70. The van der Waals surface area contributed by atoms with Crippen molar-refractivity contribution in [3.8, 4) is 0 Å².